The zero-order valence-corrected chi connectivity index (χ0v) is 12.3. The number of hydrogen-bond acceptors (Lipinski definition) is 1. The molecule has 0 aliphatic heterocycles. The van der Waals surface area contributed by atoms with Gasteiger partial charge >= 0.3 is 0 Å². The molecule has 0 aromatic heterocycles. The molecule has 1 aliphatic rings. The van der Waals surface area contributed by atoms with Crippen molar-refractivity contribution in [2.24, 2.45) is 5.73 Å². The number of hydrogen-bond donors (Lipinski definition) is 1. The van der Waals surface area contributed by atoms with E-state index >= 15 is 0 Å². The summed E-state index contributed by atoms with van der Waals surface area (Å²) in [6.45, 7) is 3.76. The fraction of sp³-hybridized carbons (Fsp3) is 0.222. The first-order chi connectivity index (χ1) is 9.29. The van der Waals surface area contributed by atoms with E-state index in [1.807, 2.05) is 6.08 Å². The molecule has 1 atom stereocenters. The lowest BCUT2D eigenvalue weighted by Crippen LogP contribution is -2.10. The van der Waals surface area contributed by atoms with E-state index in [-0.39, 0.29) is 18.4 Å². The van der Waals surface area contributed by atoms with Crippen molar-refractivity contribution in [1.82, 2.24) is 0 Å². The van der Waals surface area contributed by atoms with Gasteiger partial charge in [0.25, 0.3) is 0 Å². The average molecular weight is 286 g/mol. The van der Waals surface area contributed by atoms with Gasteiger partial charge in [-0.25, -0.2) is 0 Å². The van der Waals surface area contributed by atoms with Crippen molar-refractivity contribution in [2.75, 3.05) is 0 Å². The Morgan fingerprint density at radius 1 is 1.10 bits per heavy atom. The standard InChI is InChI=1S/C18H19N.ClH/c1-2-3-8-18(19)14-9-10-17-15(12-14)11-13-6-4-5-7-16(13)17;/h2,4-7,9-10,12,18H,1,3,8,11,19H2;1H/t18-;/m0./s1. The van der Waals surface area contributed by atoms with E-state index in [1.165, 1.54) is 27.8 Å². The van der Waals surface area contributed by atoms with Gasteiger partial charge in [-0.15, -0.1) is 19.0 Å². The highest BCUT2D eigenvalue weighted by Crippen LogP contribution is 2.37. The molecule has 0 heterocycles. The monoisotopic (exact) mass is 285 g/mol. The summed E-state index contributed by atoms with van der Waals surface area (Å²) in [5.74, 6) is 0. The molecule has 0 fully saturated rings. The van der Waals surface area contributed by atoms with Crippen LogP contribution in [0.15, 0.2) is 55.1 Å². The second-order valence-electron chi connectivity index (χ2n) is 5.22. The van der Waals surface area contributed by atoms with Gasteiger partial charge in [0.2, 0.25) is 0 Å². The molecule has 0 saturated carbocycles. The van der Waals surface area contributed by atoms with Crippen LogP contribution in [0.4, 0.5) is 0 Å². The largest absolute Gasteiger partial charge is 0.324 e. The van der Waals surface area contributed by atoms with Crippen LogP contribution in [0, 0.1) is 0 Å². The molecule has 0 bridgehead atoms. The number of benzene rings is 2. The minimum Gasteiger partial charge on any atom is -0.324 e. The zero-order chi connectivity index (χ0) is 13.2. The Hall–Kier alpha value is -1.57. The van der Waals surface area contributed by atoms with Gasteiger partial charge in [0.15, 0.2) is 0 Å². The molecule has 0 saturated heterocycles. The SMILES string of the molecule is C=CCC[C@H](N)c1ccc2c(c1)Cc1ccccc1-2.Cl. The summed E-state index contributed by atoms with van der Waals surface area (Å²) in [5, 5.41) is 0. The van der Waals surface area contributed by atoms with E-state index in [0.29, 0.717) is 0 Å². The minimum absolute atomic E-state index is 0. The summed E-state index contributed by atoms with van der Waals surface area (Å²) in [4.78, 5) is 0. The van der Waals surface area contributed by atoms with Crippen LogP contribution in [-0.4, -0.2) is 0 Å². The lowest BCUT2D eigenvalue weighted by molar-refractivity contribution is 0.661. The summed E-state index contributed by atoms with van der Waals surface area (Å²) in [6.07, 6.45) is 4.91. The van der Waals surface area contributed by atoms with Crippen molar-refractivity contribution in [1.29, 1.82) is 0 Å². The molecule has 1 aliphatic carbocycles. The second kappa shape index (κ2) is 6.25. The first-order valence-electron chi connectivity index (χ1n) is 6.87. The minimum atomic E-state index is 0. The van der Waals surface area contributed by atoms with Crippen LogP contribution in [0.1, 0.15) is 35.6 Å². The quantitative estimate of drug-likeness (QED) is 0.694. The van der Waals surface area contributed by atoms with E-state index in [2.05, 4.69) is 49.0 Å². The highest BCUT2D eigenvalue weighted by Gasteiger charge is 2.18. The number of halogens is 1. The number of fused-ring (bicyclic) bond motifs is 3. The number of rotatable bonds is 4. The molecule has 20 heavy (non-hydrogen) atoms. The molecule has 0 radical (unpaired) electrons. The van der Waals surface area contributed by atoms with Gasteiger partial charge in [-0.3, -0.25) is 0 Å². The predicted molar refractivity (Wildman–Crippen MR) is 88.3 cm³/mol. The Bertz CT molecular complexity index is 619. The molecular formula is C18H20ClN. The van der Waals surface area contributed by atoms with Gasteiger partial charge in [0, 0.05) is 6.04 Å². The van der Waals surface area contributed by atoms with Gasteiger partial charge in [-0.2, -0.15) is 0 Å². The van der Waals surface area contributed by atoms with Gasteiger partial charge in [0.05, 0.1) is 0 Å². The first-order valence-corrected chi connectivity index (χ1v) is 6.87. The molecule has 2 aromatic carbocycles. The highest BCUT2D eigenvalue weighted by molar-refractivity contribution is 5.85. The highest BCUT2D eigenvalue weighted by atomic mass is 35.5. The van der Waals surface area contributed by atoms with Crippen LogP contribution < -0.4 is 5.73 Å². The third-order valence-electron chi connectivity index (χ3n) is 3.93. The molecule has 1 nitrogen and oxygen atoms in total. The molecular weight excluding hydrogens is 266 g/mol. The fourth-order valence-electron chi connectivity index (χ4n) is 2.86. The van der Waals surface area contributed by atoms with Crippen molar-refractivity contribution in [3.8, 4) is 11.1 Å². The Labute approximate surface area is 126 Å². The molecule has 2 N–H and O–H groups in total. The topological polar surface area (TPSA) is 26.0 Å². The third-order valence-corrected chi connectivity index (χ3v) is 3.93. The van der Waals surface area contributed by atoms with Crippen LogP contribution in [0.25, 0.3) is 11.1 Å². The van der Waals surface area contributed by atoms with E-state index < -0.39 is 0 Å². The van der Waals surface area contributed by atoms with Gasteiger partial charge in [0.1, 0.15) is 0 Å². The lowest BCUT2D eigenvalue weighted by Gasteiger charge is -2.12. The van der Waals surface area contributed by atoms with Crippen molar-refractivity contribution in [3.63, 3.8) is 0 Å². The normalized spacial score (nSPS) is 13.1. The van der Waals surface area contributed by atoms with Gasteiger partial charge in [-0.05, 0) is 47.1 Å². The van der Waals surface area contributed by atoms with Crippen molar-refractivity contribution < 1.29 is 0 Å². The fourth-order valence-corrected chi connectivity index (χ4v) is 2.86. The van der Waals surface area contributed by atoms with Crippen molar-refractivity contribution >= 4 is 12.4 Å². The predicted octanol–water partition coefficient (Wildman–Crippen LogP) is 4.65. The third kappa shape index (κ3) is 2.65. The van der Waals surface area contributed by atoms with E-state index in [4.69, 9.17) is 5.73 Å². The molecule has 0 spiro atoms. The van der Waals surface area contributed by atoms with Crippen LogP contribution in [-0.2, 0) is 6.42 Å². The second-order valence-corrected chi connectivity index (χ2v) is 5.22. The van der Waals surface area contributed by atoms with Crippen LogP contribution in [0.5, 0.6) is 0 Å². The average Bonchev–Trinajstić information content (AvgIpc) is 2.82. The maximum Gasteiger partial charge on any atom is 0.0297 e. The number of nitrogens with two attached hydrogens (primary N) is 1. The van der Waals surface area contributed by atoms with Crippen molar-refractivity contribution in [3.05, 3.63) is 71.8 Å². The smallest absolute Gasteiger partial charge is 0.0297 e. The molecule has 104 valence electrons. The first kappa shape index (κ1) is 14.8. The van der Waals surface area contributed by atoms with E-state index in [1.54, 1.807) is 0 Å². The Morgan fingerprint density at radius 3 is 2.65 bits per heavy atom. The van der Waals surface area contributed by atoms with Gasteiger partial charge in [-0.1, -0.05) is 48.5 Å². The molecule has 3 rings (SSSR count). The Kier molecular flexibility index (Phi) is 4.64. The molecule has 0 unspecified atom stereocenters. The van der Waals surface area contributed by atoms with Gasteiger partial charge < -0.3 is 5.73 Å². The summed E-state index contributed by atoms with van der Waals surface area (Å²) in [6, 6.07) is 15.4. The van der Waals surface area contributed by atoms with Crippen LogP contribution in [0.3, 0.4) is 0 Å². The van der Waals surface area contributed by atoms with Crippen molar-refractivity contribution in [2.45, 2.75) is 25.3 Å². The van der Waals surface area contributed by atoms with Crippen LogP contribution >= 0.6 is 12.4 Å². The maximum absolute atomic E-state index is 6.23. The summed E-state index contributed by atoms with van der Waals surface area (Å²) < 4.78 is 0. The summed E-state index contributed by atoms with van der Waals surface area (Å²) >= 11 is 0. The Balaban J connectivity index is 0.00000147. The molecule has 2 heteroatoms. The van der Waals surface area contributed by atoms with Crippen LogP contribution in [0.2, 0.25) is 0 Å². The Morgan fingerprint density at radius 2 is 1.85 bits per heavy atom. The summed E-state index contributed by atoms with van der Waals surface area (Å²) in [5.41, 5.74) is 13.1. The van der Waals surface area contributed by atoms with E-state index in [9.17, 15) is 0 Å². The number of allylic oxidation sites excluding steroid dienone is 1. The zero-order valence-electron chi connectivity index (χ0n) is 11.5. The lowest BCUT2D eigenvalue weighted by atomic mass is 9.97. The molecule has 0 amide bonds. The summed E-state index contributed by atoms with van der Waals surface area (Å²) in [7, 11) is 0. The molecule has 2 aromatic rings. The maximum atomic E-state index is 6.23. The van der Waals surface area contributed by atoms with E-state index in [0.717, 1.165) is 19.3 Å².